The Morgan fingerprint density at radius 3 is 2.86 bits per heavy atom. The van der Waals surface area contributed by atoms with Crippen LogP contribution in [-0.4, -0.2) is 43.0 Å². The van der Waals surface area contributed by atoms with Crippen molar-refractivity contribution in [2.75, 3.05) is 12.4 Å². The molecule has 0 spiro atoms. The first-order chi connectivity index (χ1) is 14.0. The molecule has 0 unspecified atom stereocenters. The second kappa shape index (κ2) is 8.12. The van der Waals surface area contributed by atoms with Crippen molar-refractivity contribution in [3.05, 3.63) is 53.0 Å². The first-order valence-corrected chi connectivity index (χ1v) is 9.70. The molecule has 0 aliphatic heterocycles. The van der Waals surface area contributed by atoms with Gasteiger partial charge in [0.05, 0.1) is 23.7 Å². The molecule has 1 saturated carbocycles. The molecule has 3 aromatic rings. The minimum absolute atomic E-state index is 0.250. The molecule has 0 bridgehead atoms. The van der Waals surface area contributed by atoms with E-state index in [0.29, 0.717) is 35.6 Å². The van der Waals surface area contributed by atoms with Gasteiger partial charge in [0.1, 0.15) is 5.69 Å². The summed E-state index contributed by atoms with van der Waals surface area (Å²) in [5, 5.41) is 14.5. The molecule has 9 heteroatoms. The van der Waals surface area contributed by atoms with Crippen molar-refractivity contribution in [2.45, 2.75) is 44.6 Å². The zero-order valence-electron chi connectivity index (χ0n) is 16.8. The maximum absolute atomic E-state index is 12.6. The van der Waals surface area contributed by atoms with Gasteiger partial charge in [-0.3, -0.25) is 24.5 Å². The van der Waals surface area contributed by atoms with Gasteiger partial charge in [0, 0.05) is 50.1 Å². The molecule has 0 aromatic carbocycles. The van der Waals surface area contributed by atoms with Crippen LogP contribution in [0.4, 0.5) is 5.82 Å². The first-order valence-electron chi connectivity index (χ1n) is 9.70. The number of hydrogen-bond acceptors (Lipinski definition) is 6. The average molecular weight is 395 g/mol. The molecule has 4 rings (SSSR count). The second-order valence-corrected chi connectivity index (χ2v) is 7.53. The fourth-order valence-electron chi connectivity index (χ4n) is 3.89. The van der Waals surface area contributed by atoms with E-state index in [1.54, 1.807) is 24.9 Å². The third-order valence-corrected chi connectivity index (χ3v) is 5.39. The van der Waals surface area contributed by atoms with E-state index >= 15 is 0 Å². The third-order valence-electron chi connectivity index (χ3n) is 5.39. The lowest BCUT2D eigenvalue weighted by molar-refractivity contribution is 0.101. The Hall–Kier alpha value is -3.07. The van der Waals surface area contributed by atoms with E-state index in [1.165, 1.54) is 0 Å². The van der Waals surface area contributed by atoms with Crippen molar-refractivity contribution >= 4 is 11.7 Å². The largest absolute Gasteiger partial charge is 0.378 e. The smallest absolute Gasteiger partial charge is 0.275 e. The van der Waals surface area contributed by atoms with Crippen LogP contribution in [0.2, 0.25) is 0 Å². The van der Waals surface area contributed by atoms with Gasteiger partial charge in [0.15, 0.2) is 5.82 Å². The molecule has 2 N–H and O–H groups in total. The van der Waals surface area contributed by atoms with Crippen LogP contribution >= 0.6 is 0 Å². The Bertz CT molecular complexity index is 993. The van der Waals surface area contributed by atoms with Crippen LogP contribution in [0.25, 0.3) is 0 Å². The number of H-pyrrole nitrogens is 1. The zero-order chi connectivity index (χ0) is 20.4. The number of nitrogens with zero attached hydrogens (tertiary/aromatic N) is 5. The maximum Gasteiger partial charge on any atom is 0.275 e. The van der Waals surface area contributed by atoms with E-state index in [1.807, 2.05) is 25.4 Å². The molecule has 152 valence electrons. The molecule has 2 atom stereocenters. The number of ether oxygens (including phenoxy) is 1. The summed E-state index contributed by atoms with van der Waals surface area (Å²) < 4.78 is 6.61. The van der Waals surface area contributed by atoms with E-state index in [0.717, 1.165) is 36.3 Å². The van der Waals surface area contributed by atoms with Crippen LogP contribution < -0.4 is 5.32 Å². The summed E-state index contributed by atoms with van der Waals surface area (Å²) in [6.07, 6.45) is 6.82. The SMILES string of the molecule is COCc1cc(C(=O)Nc2cc([C@@H]3CC[C@@H](c4cnc(C)cn4)C3)[nH]n2)n(C)n1. The molecule has 1 aliphatic carbocycles. The Morgan fingerprint density at radius 1 is 1.28 bits per heavy atom. The molecule has 1 amide bonds. The number of aromatic amines is 1. The van der Waals surface area contributed by atoms with Gasteiger partial charge in [-0.05, 0) is 32.3 Å². The van der Waals surface area contributed by atoms with Gasteiger partial charge >= 0.3 is 0 Å². The molecule has 0 saturated heterocycles. The van der Waals surface area contributed by atoms with Crippen molar-refractivity contribution in [2.24, 2.45) is 7.05 Å². The van der Waals surface area contributed by atoms with Gasteiger partial charge in [-0.1, -0.05) is 0 Å². The van der Waals surface area contributed by atoms with Crippen LogP contribution in [-0.2, 0) is 18.4 Å². The number of rotatable bonds is 6. The molecular weight excluding hydrogens is 370 g/mol. The molecule has 3 aromatic heterocycles. The van der Waals surface area contributed by atoms with Crippen molar-refractivity contribution in [3.63, 3.8) is 0 Å². The highest BCUT2D eigenvalue weighted by Gasteiger charge is 2.29. The van der Waals surface area contributed by atoms with Crippen molar-refractivity contribution in [1.29, 1.82) is 0 Å². The van der Waals surface area contributed by atoms with E-state index in [-0.39, 0.29) is 5.91 Å². The summed E-state index contributed by atoms with van der Waals surface area (Å²) in [6, 6.07) is 3.63. The molecule has 1 fully saturated rings. The zero-order valence-corrected chi connectivity index (χ0v) is 16.8. The van der Waals surface area contributed by atoms with Gasteiger partial charge in [-0.25, -0.2) is 0 Å². The van der Waals surface area contributed by atoms with Crippen molar-refractivity contribution in [1.82, 2.24) is 29.9 Å². The Morgan fingerprint density at radius 2 is 2.10 bits per heavy atom. The van der Waals surface area contributed by atoms with Crippen LogP contribution in [0, 0.1) is 6.92 Å². The number of amides is 1. The predicted octanol–water partition coefficient (Wildman–Crippen LogP) is 2.69. The molecule has 29 heavy (non-hydrogen) atoms. The monoisotopic (exact) mass is 395 g/mol. The number of aryl methyl sites for hydroxylation is 2. The number of hydrogen-bond donors (Lipinski definition) is 2. The normalized spacial score (nSPS) is 18.9. The van der Waals surface area contributed by atoms with E-state index in [9.17, 15) is 4.79 Å². The van der Waals surface area contributed by atoms with Crippen molar-refractivity contribution in [3.8, 4) is 0 Å². The van der Waals surface area contributed by atoms with Crippen LogP contribution in [0.15, 0.2) is 24.5 Å². The lowest BCUT2D eigenvalue weighted by atomic mass is 10.00. The third kappa shape index (κ3) is 4.19. The molecule has 9 nitrogen and oxygen atoms in total. The Balaban J connectivity index is 1.40. The summed E-state index contributed by atoms with van der Waals surface area (Å²) >= 11 is 0. The number of methoxy groups -OCH3 is 1. The predicted molar refractivity (Wildman–Crippen MR) is 107 cm³/mol. The van der Waals surface area contributed by atoms with Crippen LogP contribution in [0.5, 0.6) is 0 Å². The highest BCUT2D eigenvalue weighted by Crippen LogP contribution is 2.42. The number of carbonyl (C=O) groups is 1. The summed E-state index contributed by atoms with van der Waals surface area (Å²) in [4.78, 5) is 21.5. The summed E-state index contributed by atoms with van der Waals surface area (Å²) in [5.74, 6) is 1.03. The number of anilines is 1. The fraction of sp³-hybridized carbons (Fsp3) is 0.450. The van der Waals surface area contributed by atoms with E-state index in [4.69, 9.17) is 4.74 Å². The quantitative estimate of drug-likeness (QED) is 0.664. The minimum Gasteiger partial charge on any atom is -0.378 e. The second-order valence-electron chi connectivity index (χ2n) is 7.53. The van der Waals surface area contributed by atoms with Gasteiger partial charge in [0.2, 0.25) is 0 Å². The lowest BCUT2D eigenvalue weighted by Crippen LogP contribution is -2.16. The number of carbonyl (C=O) groups excluding carboxylic acids is 1. The van der Waals surface area contributed by atoms with E-state index < -0.39 is 0 Å². The summed E-state index contributed by atoms with van der Waals surface area (Å²) in [5.41, 5.74) is 4.18. The summed E-state index contributed by atoms with van der Waals surface area (Å²) in [6.45, 7) is 2.31. The number of nitrogens with one attached hydrogen (secondary N) is 2. The van der Waals surface area contributed by atoms with Crippen LogP contribution in [0.1, 0.15) is 64.4 Å². The van der Waals surface area contributed by atoms with Gasteiger partial charge in [0.25, 0.3) is 5.91 Å². The molecule has 3 heterocycles. The first kappa shape index (κ1) is 19.3. The minimum atomic E-state index is -0.250. The van der Waals surface area contributed by atoms with Gasteiger partial charge < -0.3 is 10.1 Å². The van der Waals surface area contributed by atoms with E-state index in [2.05, 4.69) is 30.6 Å². The Labute approximate surface area is 168 Å². The Kier molecular flexibility index (Phi) is 5.39. The molecule has 1 aliphatic rings. The standard InChI is InChI=1S/C20H25N7O2/c1-12-9-22-17(10-21-12)14-5-4-13(6-14)16-8-19(25-24-16)23-20(28)18-7-15(11-29-3)26-27(18)2/h7-10,13-14H,4-6,11H2,1-3H3,(H2,23,24,25,28)/t13-,14-/m1/s1. The highest BCUT2D eigenvalue weighted by molar-refractivity contribution is 6.02. The summed E-state index contributed by atoms with van der Waals surface area (Å²) in [7, 11) is 3.33. The lowest BCUT2D eigenvalue weighted by Gasteiger charge is -2.09. The average Bonchev–Trinajstić information content (AvgIpc) is 3.42. The molecular formula is C20H25N7O2. The van der Waals surface area contributed by atoms with Gasteiger partial charge in [-0.2, -0.15) is 10.2 Å². The van der Waals surface area contributed by atoms with Gasteiger partial charge in [-0.15, -0.1) is 0 Å². The maximum atomic E-state index is 12.6. The van der Waals surface area contributed by atoms with Crippen LogP contribution in [0.3, 0.4) is 0 Å². The van der Waals surface area contributed by atoms with Crippen molar-refractivity contribution < 1.29 is 9.53 Å². The topological polar surface area (TPSA) is 111 Å². The fourth-order valence-corrected chi connectivity index (χ4v) is 3.89. The highest BCUT2D eigenvalue weighted by atomic mass is 16.5. The number of aromatic nitrogens is 6. The molecule has 0 radical (unpaired) electrons.